The number of fused-ring (bicyclic) bond motifs is 2. The van der Waals surface area contributed by atoms with E-state index in [0.717, 1.165) is 38.8 Å². The standard InChI is InChI=1S/C15H24N2O4/c1-21-9-10-3-2-6-16(8-10)15(20)17-11-4-5-13(17)12(7-11)14(18)19/h10-13H,2-9H2,1H3,(H,18,19). The summed E-state index contributed by atoms with van der Waals surface area (Å²) >= 11 is 0. The van der Waals surface area contributed by atoms with E-state index >= 15 is 0 Å². The minimum atomic E-state index is -0.754. The predicted molar refractivity (Wildman–Crippen MR) is 76.0 cm³/mol. The monoisotopic (exact) mass is 296 g/mol. The second-order valence-corrected chi connectivity index (χ2v) is 6.58. The van der Waals surface area contributed by atoms with Crippen molar-refractivity contribution >= 4 is 12.0 Å². The first-order chi connectivity index (χ1) is 10.1. The average Bonchev–Trinajstić information content (AvgIpc) is 3.05. The Bertz CT molecular complexity index is 426. The minimum absolute atomic E-state index is 0.0482. The Kier molecular flexibility index (Phi) is 4.06. The van der Waals surface area contributed by atoms with Crippen molar-refractivity contribution in [1.82, 2.24) is 9.80 Å². The number of carbonyl (C=O) groups excluding carboxylic acids is 1. The number of methoxy groups -OCH3 is 1. The summed E-state index contributed by atoms with van der Waals surface area (Å²) in [5.74, 6) is -0.716. The van der Waals surface area contributed by atoms with Crippen molar-refractivity contribution < 1.29 is 19.4 Å². The third-order valence-electron chi connectivity index (χ3n) is 5.27. The highest BCUT2D eigenvalue weighted by molar-refractivity contribution is 5.79. The summed E-state index contributed by atoms with van der Waals surface area (Å²) in [6, 6.07) is 0.0845. The van der Waals surface area contributed by atoms with Gasteiger partial charge in [0.2, 0.25) is 0 Å². The lowest BCUT2D eigenvalue weighted by Crippen LogP contribution is -2.50. The number of carboxylic acid groups (broad SMARTS) is 1. The Morgan fingerprint density at radius 2 is 2.10 bits per heavy atom. The zero-order chi connectivity index (χ0) is 15.0. The second-order valence-electron chi connectivity index (χ2n) is 6.58. The maximum atomic E-state index is 12.8. The molecule has 21 heavy (non-hydrogen) atoms. The summed E-state index contributed by atoms with van der Waals surface area (Å²) < 4.78 is 5.21. The van der Waals surface area contributed by atoms with Crippen LogP contribution in [0.4, 0.5) is 4.79 Å². The van der Waals surface area contributed by atoms with Crippen LogP contribution in [0.3, 0.4) is 0 Å². The Balaban J connectivity index is 1.67. The summed E-state index contributed by atoms with van der Waals surface area (Å²) in [4.78, 5) is 27.9. The number of ether oxygens (including phenoxy) is 1. The Hall–Kier alpha value is -1.30. The van der Waals surface area contributed by atoms with Crippen LogP contribution in [0.2, 0.25) is 0 Å². The molecule has 3 saturated heterocycles. The second kappa shape index (κ2) is 5.83. The SMILES string of the molecule is COCC1CCCN(C(=O)N2C3CCC2C(C(=O)O)C3)C1. The number of hydrogen-bond acceptors (Lipinski definition) is 3. The number of aliphatic carboxylic acids is 1. The molecular weight excluding hydrogens is 272 g/mol. The maximum Gasteiger partial charge on any atom is 0.320 e. The molecule has 6 nitrogen and oxygen atoms in total. The fourth-order valence-corrected chi connectivity index (χ4v) is 4.33. The third-order valence-corrected chi connectivity index (χ3v) is 5.27. The van der Waals surface area contributed by atoms with Crippen molar-refractivity contribution in [3.05, 3.63) is 0 Å². The van der Waals surface area contributed by atoms with Gasteiger partial charge in [-0.15, -0.1) is 0 Å². The van der Waals surface area contributed by atoms with Gasteiger partial charge in [0.15, 0.2) is 0 Å². The fourth-order valence-electron chi connectivity index (χ4n) is 4.33. The molecule has 0 radical (unpaired) electrons. The Morgan fingerprint density at radius 3 is 2.76 bits per heavy atom. The largest absolute Gasteiger partial charge is 0.481 e. The topological polar surface area (TPSA) is 70.1 Å². The number of hydrogen-bond donors (Lipinski definition) is 1. The fraction of sp³-hybridized carbons (Fsp3) is 0.867. The van der Waals surface area contributed by atoms with Gasteiger partial charge in [0, 0.05) is 38.2 Å². The molecule has 118 valence electrons. The van der Waals surface area contributed by atoms with Gasteiger partial charge in [-0.2, -0.15) is 0 Å². The van der Waals surface area contributed by atoms with Crippen molar-refractivity contribution in [2.24, 2.45) is 11.8 Å². The van der Waals surface area contributed by atoms with Crippen molar-refractivity contribution in [3.8, 4) is 0 Å². The van der Waals surface area contributed by atoms with Crippen molar-refractivity contribution in [3.63, 3.8) is 0 Å². The van der Waals surface area contributed by atoms with Crippen LogP contribution in [0.1, 0.15) is 32.1 Å². The molecule has 2 bridgehead atoms. The number of carboxylic acids is 1. The molecule has 2 amide bonds. The maximum absolute atomic E-state index is 12.8. The van der Waals surface area contributed by atoms with Crippen LogP contribution in [-0.4, -0.2) is 65.8 Å². The Labute approximate surface area is 125 Å². The van der Waals surface area contributed by atoms with Gasteiger partial charge in [-0.25, -0.2) is 4.79 Å². The van der Waals surface area contributed by atoms with Gasteiger partial charge in [0.1, 0.15) is 0 Å². The summed E-state index contributed by atoms with van der Waals surface area (Å²) in [5.41, 5.74) is 0. The molecule has 0 saturated carbocycles. The van der Waals surface area contributed by atoms with E-state index in [1.807, 2.05) is 9.80 Å². The lowest BCUT2D eigenvalue weighted by atomic mass is 9.89. The van der Waals surface area contributed by atoms with Crippen LogP contribution in [0, 0.1) is 11.8 Å². The predicted octanol–water partition coefficient (Wildman–Crippen LogP) is 1.40. The third kappa shape index (κ3) is 2.61. The van der Waals surface area contributed by atoms with E-state index in [-0.39, 0.29) is 24.0 Å². The highest BCUT2D eigenvalue weighted by atomic mass is 16.5. The summed E-state index contributed by atoms with van der Waals surface area (Å²) in [5, 5.41) is 9.29. The zero-order valence-electron chi connectivity index (χ0n) is 12.5. The molecule has 3 heterocycles. The van der Waals surface area contributed by atoms with Gasteiger partial charge >= 0.3 is 12.0 Å². The first kappa shape index (κ1) is 14.6. The van der Waals surface area contributed by atoms with Crippen LogP contribution < -0.4 is 0 Å². The van der Waals surface area contributed by atoms with Gasteiger partial charge in [0.05, 0.1) is 12.5 Å². The van der Waals surface area contributed by atoms with Crippen LogP contribution in [0.25, 0.3) is 0 Å². The van der Waals surface area contributed by atoms with Crippen molar-refractivity contribution in [1.29, 1.82) is 0 Å². The van der Waals surface area contributed by atoms with Gasteiger partial charge in [-0.1, -0.05) is 0 Å². The van der Waals surface area contributed by atoms with E-state index in [4.69, 9.17) is 4.74 Å². The van der Waals surface area contributed by atoms with Gasteiger partial charge in [-0.05, 0) is 32.1 Å². The summed E-state index contributed by atoms with van der Waals surface area (Å²) in [7, 11) is 1.69. The first-order valence-electron chi connectivity index (χ1n) is 7.90. The molecular formula is C15H24N2O4. The molecule has 4 atom stereocenters. The molecule has 3 rings (SSSR count). The van der Waals surface area contributed by atoms with Gasteiger partial charge in [0.25, 0.3) is 0 Å². The van der Waals surface area contributed by atoms with Crippen molar-refractivity contribution in [2.45, 2.75) is 44.2 Å². The lowest BCUT2D eigenvalue weighted by Gasteiger charge is -2.36. The van der Waals surface area contributed by atoms with Gasteiger partial charge < -0.3 is 19.6 Å². The highest BCUT2D eigenvalue weighted by Crippen LogP contribution is 2.42. The van der Waals surface area contributed by atoms with Crippen LogP contribution >= 0.6 is 0 Å². The number of amides is 2. The van der Waals surface area contributed by atoms with Crippen LogP contribution in [0.15, 0.2) is 0 Å². The van der Waals surface area contributed by atoms with E-state index in [2.05, 4.69) is 0 Å². The molecule has 0 aliphatic carbocycles. The smallest absolute Gasteiger partial charge is 0.320 e. The molecule has 3 aliphatic heterocycles. The number of nitrogens with zero attached hydrogens (tertiary/aromatic N) is 2. The molecule has 1 N–H and O–H groups in total. The van der Waals surface area contributed by atoms with E-state index in [0.29, 0.717) is 18.9 Å². The Morgan fingerprint density at radius 1 is 1.29 bits per heavy atom. The normalized spacial score (nSPS) is 35.3. The molecule has 0 aromatic rings. The number of piperidine rings is 1. The van der Waals surface area contributed by atoms with E-state index in [9.17, 15) is 14.7 Å². The van der Waals surface area contributed by atoms with Crippen LogP contribution in [-0.2, 0) is 9.53 Å². The van der Waals surface area contributed by atoms with Crippen LogP contribution in [0.5, 0.6) is 0 Å². The quantitative estimate of drug-likeness (QED) is 0.854. The molecule has 0 spiro atoms. The molecule has 4 unspecified atom stereocenters. The first-order valence-corrected chi connectivity index (χ1v) is 7.90. The molecule has 6 heteroatoms. The number of carbonyl (C=O) groups is 2. The number of rotatable bonds is 3. The molecule has 0 aromatic heterocycles. The lowest BCUT2D eigenvalue weighted by molar-refractivity contribution is -0.142. The van der Waals surface area contributed by atoms with E-state index < -0.39 is 5.97 Å². The summed E-state index contributed by atoms with van der Waals surface area (Å²) in [6.45, 7) is 2.21. The number of urea groups is 1. The van der Waals surface area contributed by atoms with Crippen molar-refractivity contribution in [2.75, 3.05) is 26.8 Å². The molecule has 3 fully saturated rings. The van der Waals surface area contributed by atoms with E-state index in [1.54, 1.807) is 7.11 Å². The highest BCUT2D eigenvalue weighted by Gasteiger charge is 2.52. The summed E-state index contributed by atoms with van der Waals surface area (Å²) in [6.07, 6.45) is 4.52. The average molecular weight is 296 g/mol. The van der Waals surface area contributed by atoms with Gasteiger partial charge in [-0.3, -0.25) is 4.79 Å². The zero-order valence-corrected chi connectivity index (χ0v) is 12.5. The van der Waals surface area contributed by atoms with E-state index in [1.165, 1.54) is 0 Å². The minimum Gasteiger partial charge on any atom is -0.481 e. The molecule has 3 aliphatic rings. The molecule has 0 aromatic carbocycles. The number of likely N-dealkylation sites (tertiary alicyclic amines) is 1.